The van der Waals surface area contributed by atoms with Crippen molar-refractivity contribution >= 4 is 17.4 Å². The number of fused-ring (bicyclic) bond motifs is 4. The second-order valence-electron chi connectivity index (χ2n) is 10.5. The standard InChI is InChI=1S/C26H30F4N2O3/c27-22-11-19(7-8-20(22)16-31-9-1-2-10-31)21-12-25(13-21,35-24(34)26(28,29)30)23(33)32-14-17-3-4-18(15-32)6-5-17/h7-8,11-12,17-18H,1-6,9-10,13-16H2. The van der Waals surface area contributed by atoms with E-state index in [1.807, 2.05) is 0 Å². The zero-order chi connectivity index (χ0) is 24.8. The van der Waals surface area contributed by atoms with Crippen LogP contribution in [0.25, 0.3) is 5.57 Å². The van der Waals surface area contributed by atoms with E-state index in [0.29, 0.717) is 48.2 Å². The summed E-state index contributed by atoms with van der Waals surface area (Å²) in [5.74, 6) is -2.76. The van der Waals surface area contributed by atoms with Crippen molar-refractivity contribution in [3.05, 3.63) is 41.2 Å². The van der Waals surface area contributed by atoms with Crippen LogP contribution in [0.2, 0.25) is 0 Å². The van der Waals surface area contributed by atoms with Crippen molar-refractivity contribution < 1.29 is 31.9 Å². The molecule has 6 rings (SSSR count). The number of halogens is 4. The Bertz CT molecular complexity index is 1010. The predicted molar refractivity (Wildman–Crippen MR) is 120 cm³/mol. The molecule has 0 radical (unpaired) electrons. The predicted octanol–water partition coefficient (Wildman–Crippen LogP) is 4.70. The Morgan fingerprint density at radius 3 is 2.17 bits per heavy atom. The van der Waals surface area contributed by atoms with Crippen molar-refractivity contribution in [2.45, 2.75) is 63.3 Å². The molecule has 3 aliphatic heterocycles. The molecule has 2 aliphatic carbocycles. The van der Waals surface area contributed by atoms with E-state index in [9.17, 15) is 27.2 Å². The first-order chi connectivity index (χ1) is 16.6. The summed E-state index contributed by atoms with van der Waals surface area (Å²) in [5.41, 5.74) is -0.467. The molecule has 0 N–H and O–H groups in total. The van der Waals surface area contributed by atoms with E-state index in [2.05, 4.69) is 4.90 Å². The molecule has 190 valence electrons. The number of amides is 1. The van der Waals surface area contributed by atoms with Crippen LogP contribution in [0.1, 0.15) is 56.1 Å². The van der Waals surface area contributed by atoms with Crippen LogP contribution in [0, 0.1) is 17.7 Å². The third kappa shape index (κ3) is 4.97. The van der Waals surface area contributed by atoms with Crippen molar-refractivity contribution in [3.63, 3.8) is 0 Å². The number of alkyl halides is 3. The van der Waals surface area contributed by atoms with Gasteiger partial charge < -0.3 is 9.64 Å². The van der Waals surface area contributed by atoms with Crippen LogP contribution in [0.5, 0.6) is 0 Å². The summed E-state index contributed by atoms with van der Waals surface area (Å²) in [4.78, 5) is 29.0. The van der Waals surface area contributed by atoms with Crippen molar-refractivity contribution in [1.29, 1.82) is 0 Å². The highest BCUT2D eigenvalue weighted by atomic mass is 19.4. The Balaban J connectivity index is 1.38. The topological polar surface area (TPSA) is 49.9 Å². The van der Waals surface area contributed by atoms with Gasteiger partial charge in [0.1, 0.15) is 5.82 Å². The lowest BCUT2D eigenvalue weighted by molar-refractivity contribution is -0.213. The highest BCUT2D eigenvalue weighted by Crippen LogP contribution is 2.44. The van der Waals surface area contributed by atoms with Gasteiger partial charge in [-0.2, -0.15) is 13.2 Å². The van der Waals surface area contributed by atoms with Gasteiger partial charge in [0, 0.05) is 31.6 Å². The lowest BCUT2D eigenvalue weighted by Gasteiger charge is -2.41. The van der Waals surface area contributed by atoms with Gasteiger partial charge in [-0.05, 0) is 86.7 Å². The molecule has 5 aliphatic rings. The van der Waals surface area contributed by atoms with E-state index in [1.165, 1.54) is 12.1 Å². The molecule has 3 saturated heterocycles. The average Bonchev–Trinajstić information content (AvgIpc) is 3.11. The molecule has 4 fully saturated rings. The van der Waals surface area contributed by atoms with Crippen LogP contribution in [0.3, 0.4) is 0 Å². The molecule has 0 spiro atoms. The molecule has 5 nitrogen and oxygen atoms in total. The Labute approximate surface area is 202 Å². The van der Waals surface area contributed by atoms with Crippen molar-refractivity contribution in [1.82, 2.24) is 9.80 Å². The highest BCUT2D eigenvalue weighted by molar-refractivity contribution is 5.98. The van der Waals surface area contributed by atoms with Crippen LogP contribution < -0.4 is 0 Å². The quantitative estimate of drug-likeness (QED) is 0.440. The first-order valence-corrected chi connectivity index (χ1v) is 12.5. The number of carbonyl (C=O) groups is 2. The maximum absolute atomic E-state index is 14.8. The molecular formula is C26H30F4N2O3. The Morgan fingerprint density at radius 2 is 1.63 bits per heavy atom. The van der Waals surface area contributed by atoms with Gasteiger partial charge in [0.15, 0.2) is 0 Å². The SMILES string of the molecule is O=C(OC1(C(=O)N2CC3CCC(CC3)C2)C=C(c2ccc(CN3CCCC3)c(F)c2)C1)C(F)(F)F. The van der Waals surface area contributed by atoms with E-state index in [4.69, 9.17) is 4.74 Å². The monoisotopic (exact) mass is 494 g/mol. The first kappa shape index (κ1) is 24.3. The molecule has 1 saturated carbocycles. The molecule has 1 atom stereocenters. The second-order valence-corrected chi connectivity index (χ2v) is 10.5. The Kier molecular flexibility index (Phi) is 6.40. The van der Waals surface area contributed by atoms with E-state index in [1.54, 1.807) is 17.0 Å². The van der Waals surface area contributed by atoms with E-state index in [-0.39, 0.29) is 6.42 Å². The molecular weight excluding hydrogens is 464 g/mol. The zero-order valence-corrected chi connectivity index (χ0v) is 19.6. The van der Waals surface area contributed by atoms with Crippen LogP contribution in [0.15, 0.2) is 24.3 Å². The number of hydrogen-bond donors (Lipinski definition) is 0. The highest BCUT2D eigenvalue weighted by Gasteiger charge is 2.55. The number of benzene rings is 1. The Morgan fingerprint density at radius 1 is 1.03 bits per heavy atom. The summed E-state index contributed by atoms with van der Waals surface area (Å²) in [6, 6.07) is 4.75. The summed E-state index contributed by atoms with van der Waals surface area (Å²) in [7, 11) is 0. The number of ether oxygens (including phenoxy) is 1. The van der Waals surface area contributed by atoms with Gasteiger partial charge in [-0.15, -0.1) is 0 Å². The van der Waals surface area contributed by atoms with Gasteiger partial charge in [0.25, 0.3) is 5.91 Å². The van der Waals surface area contributed by atoms with Crippen molar-refractivity contribution in [3.8, 4) is 0 Å². The average molecular weight is 495 g/mol. The lowest BCUT2D eigenvalue weighted by Crippen LogP contribution is -2.56. The first-order valence-electron chi connectivity index (χ1n) is 12.5. The fraction of sp³-hybridized carbons (Fsp3) is 0.615. The maximum Gasteiger partial charge on any atom is 0.490 e. The molecule has 1 aromatic carbocycles. The van der Waals surface area contributed by atoms with Crippen LogP contribution in [-0.4, -0.2) is 59.6 Å². The number of esters is 1. The van der Waals surface area contributed by atoms with Gasteiger partial charge in [0.05, 0.1) is 0 Å². The van der Waals surface area contributed by atoms with E-state index >= 15 is 0 Å². The van der Waals surface area contributed by atoms with E-state index < -0.39 is 29.5 Å². The summed E-state index contributed by atoms with van der Waals surface area (Å²) in [6.45, 7) is 3.29. The smallest absolute Gasteiger partial charge is 0.438 e. The van der Waals surface area contributed by atoms with Crippen molar-refractivity contribution in [2.24, 2.45) is 11.8 Å². The fourth-order valence-corrected chi connectivity index (χ4v) is 5.98. The van der Waals surface area contributed by atoms with Crippen LogP contribution >= 0.6 is 0 Å². The lowest BCUT2D eigenvalue weighted by atomic mass is 9.77. The molecule has 1 unspecified atom stereocenters. The van der Waals surface area contributed by atoms with Gasteiger partial charge in [-0.3, -0.25) is 9.69 Å². The summed E-state index contributed by atoms with van der Waals surface area (Å²) < 4.78 is 58.8. The largest absolute Gasteiger partial charge is 0.490 e. The number of carbonyl (C=O) groups excluding carboxylic acids is 2. The molecule has 2 bridgehead atoms. The van der Waals surface area contributed by atoms with E-state index in [0.717, 1.165) is 51.6 Å². The van der Waals surface area contributed by atoms with Crippen LogP contribution in [0.4, 0.5) is 17.6 Å². The fourth-order valence-electron chi connectivity index (χ4n) is 5.98. The van der Waals surface area contributed by atoms with Gasteiger partial charge in [-0.25, -0.2) is 9.18 Å². The molecule has 3 heterocycles. The number of rotatable bonds is 5. The summed E-state index contributed by atoms with van der Waals surface area (Å²) >= 11 is 0. The van der Waals surface area contributed by atoms with Crippen LogP contribution in [-0.2, 0) is 20.9 Å². The molecule has 1 aromatic rings. The third-order valence-corrected chi connectivity index (χ3v) is 7.96. The molecule has 9 heteroatoms. The summed E-state index contributed by atoms with van der Waals surface area (Å²) in [6.07, 6.45) is 2.03. The minimum atomic E-state index is -5.21. The van der Waals surface area contributed by atoms with Gasteiger partial charge in [-0.1, -0.05) is 12.1 Å². The molecule has 0 aromatic heterocycles. The second kappa shape index (κ2) is 9.22. The van der Waals surface area contributed by atoms with Gasteiger partial charge in [0.2, 0.25) is 5.60 Å². The summed E-state index contributed by atoms with van der Waals surface area (Å²) in [5, 5.41) is 0. The zero-order valence-electron chi connectivity index (χ0n) is 19.6. The number of likely N-dealkylation sites (tertiary alicyclic amines) is 1. The maximum atomic E-state index is 14.8. The number of nitrogens with zero attached hydrogens (tertiary/aromatic N) is 2. The molecule has 1 amide bonds. The third-order valence-electron chi connectivity index (χ3n) is 7.96. The normalized spacial score (nSPS) is 28.9. The minimum Gasteiger partial charge on any atom is -0.438 e. The molecule has 35 heavy (non-hydrogen) atoms. The minimum absolute atomic E-state index is 0.204. The van der Waals surface area contributed by atoms with Crippen molar-refractivity contribution in [2.75, 3.05) is 26.2 Å². The Hall–Kier alpha value is -2.42. The number of hydrogen-bond acceptors (Lipinski definition) is 4. The van der Waals surface area contributed by atoms with Gasteiger partial charge >= 0.3 is 12.1 Å².